The molecule has 0 aliphatic carbocycles. The zero-order valence-electron chi connectivity index (χ0n) is 9.64. The first-order chi connectivity index (χ1) is 6.85. The maximum Gasteiger partial charge on any atom is 0.137 e. The van der Waals surface area contributed by atoms with Crippen molar-refractivity contribution < 1.29 is 9.47 Å². The minimum absolute atomic E-state index is 0.0413. The van der Waals surface area contributed by atoms with Crippen molar-refractivity contribution in [1.82, 2.24) is 5.32 Å². The monoisotopic (exact) mass is 217 g/mol. The molecule has 0 aromatic heterocycles. The first-order valence-corrected chi connectivity index (χ1v) is 6.74. The van der Waals surface area contributed by atoms with Crippen LogP contribution in [0.3, 0.4) is 0 Å². The fourth-order valence-corrected chi connectivity index (χ4v) is 2.37. The van der Waals surface area contributed by atoms with E-state index in [1.165, 1.54) is 18.9 Å². The summed E-state index contributed by atoms with van der Waals surface area (Å²) in [5.41, 5.74) is 0. The Morgan fingerprint density at radius 2 is 1.79 bits per heavy atom. The molecule has 1 N–H and O–H groups in total. The summed E-state index contributed by atoms with van der Waals surface area (Å²) in [6, 6.07) is 1.21. The summed E-state index contributed by atoms with van der Waals surface area (Å²) in [5.74, 6) is 0.0413. The summed E-state index contributed by atoms with van der Waals surface area (Å²) in [6.45, 7) is 6.62. The van der Waals surface area contributed by atoms with E-state index in [0.717, 1.165) is 29.3 Å². The minimum atomic E-state index is 0.0413. The van der Waals surface area contributed by atoms with Crippen molar-refractivity contribution in [2.75, 3.05) is 26.8 Å². The van der Waals surface area contributed by atoms with Gasteiger partial charge in [0.25, 0.3) is 0 Å². The van der Waals surface area contributed by atoms with E-state index in [2.05, 4.69) is 5.32 Å². The van der Waals surface area contributed by atoms with E-state index in [1.54, 1.807) is 0 Å². The van der Waals surface area contributed by atoms with Crippen LogP contribution < -0.4 is 5.32 Å². The molecule has 84 valence electrons. The summed E-state index contributed by atoms with van der Waals surface area (Å²) in [6.07, 6.45) is 2.50. The molecule has 2 radical (unpaired) electrons. The fourth-order valence-electron chi connectivity index (χ4n) is 1.12. The van der Waals surface area contributed by atoms with Crippen molar-refractivity contribution in [3.05, 3.63) is 0 Å². The molecule has 0 amide bonds. The van der Waals surface area contributed by atoms with Crippen LogP contribution in [-0.4, -0.2) is 42.2 Å². The molecule has 3 nitrogen and oxygen atoms in total. The maximum atomic E-state index is 5.46. The van der Waals surface area contributed by atoms with E-state index in [0.29, 0.717) is 0 Å². The van der Waals surface area contributed by atoms with Gasteiger partial charge in [-0.15, -0.1) is 0 Å². The molecule has 0 aromatic carbocycles. The van der Waals surface area contributed by atoms with E-state index in [-0.39, 0.29) is 5.91 Å². The third-order valence-electron chi connectivity index (χ3n) is 1.80. The van der Waals surface area contributed by atoms with Crippen LogP contribution in [-0.2, 0) is 9.47 Å². The smallest absolute Gasteiger partial charge is 0.137 e. The molecule has 0 rings (SSSR count). The Balaban J connectivity index is 3.30. The van der Waals surface area contributed by atoms with Gasteiger partial charge in [-0.25, -0.2) is 0 Å². The second-order valence-corrected chi connectivity index (χ2v) is 4.39. The van der Waals surface area contributed by atoms with E-state index in [9.17, 15) is 0 Å². The lowest BCUT2D eigenvalue weighted by Gasteiger charge is -2.15. The average molecular weight is 217 g/mol. The maximum absolute atomic E-state index is 5.46. The molecule has 0 fully saturated rings. The summed E-state index contributed by atoms with van der Waals surface area (Å²) in [4.78, 5) is 0. The van der Waals surface area contributed by atoms with Crippen molar-refractivity contribution in [2.45, 2.75) is 38.6 Å². The quantitative estimate of drug-likeness (QED) is 0.341. The van der Waals surface area contributed by atoms with Gasteiger partial charge < -0.3 is 14.8 Å². The Labute approximate surface area is 90.4 Å². The lowest BCUT2D eigenvalue weighted by Crippen LogP contribution is -2.24. The molecule has 0 bridgehead atoms. The Morgan fingerprint density at radius 1 is 1.14 bits per heavy atom. The van der Waals surface area contributed by atoms with Crippen LogP contribution in [0.5, 0.6) is 0 Å². The number of unbranched alkanes of at least 4 members (excludes halogenated alkanes) is 1. The molecule has 0 aliphatic heterocycles. The first kappa shape index (κ1) is 14.1. The molecule has 14 heavy (non-hydrogen) atoms. The second kappa shape index (κ2) is 11.2. The van der Waals surface area contributed by atoms with Crippen molar-refractivity contribution in [3.63, 3.8) is 0 Å². The van der Waals surface area contributed by atoms with Gasteiger partial charge in [0, 0.05) is 13.2 Å². The van der Waals surface area contributed by atoms with E-state index in [4.69, 9.17) is 9.47 Å². The summed E-state index contributed by atoms with van der Waals surface area (Å²) >= 11 is 0. The van der Waals surface area contributed by atoms with E-state index >= 15 is 0 Å². The highest BCUT2D eigenvalue weighted by molar-refractivity contribution is 6.36. The van der Waals surface area contributed by atoms with E-state index < -0.39 is 0 Å². The molecule has 0 atom stereocenters. The van der Waals surface area contributed by atoms with Crippen LogP contribution >= 0.6 is 0 Å². The highest BCUT2D eigenvalue weighted by Crippen LogP contribution is 2.00. The normalized spacial score (nSPS) is 11.1. The van der Waals surface area contributed by atoms with Gasteiger partial charge in [-0.1, -0.05) is 12.5 Å². The van der Waals surface area contributed by atoms with Gasteiger partial charge in [0.1, 0.15) is 15.4 Å². The van der Waals surface area contributed by atoms with Gasteiger partial charge in [0.15, 0.2) is 0 Å². The largest absolute Gasteiger partial charge is 0.357 e. The Hall–Kier alpha value is 0.0969. The zero-order chi connectivity index (χ0) is 10.6. The van der Waals surface area contributed by atoms with Gasteiger partial charge in [-0.2, -0.15) is 0 Å². The second-order valence-electron chi connectivity index (χ2n) is 3.01. The lowest BCUT2D eigenvalue weighted by molar-refractivity contribution is -0.0827. The number of hydrogen-bond donors (Lipinski definition) is 1. The molecule has 0 aliphatic rings. The fraction of sp³-hybridized carbons (Fsp3) is 1.00. The van der Waals surface area contributed by atoms with Gasteiger partial charge in [0.05, 0.1) is 0 Å². The topological polar surface area (TPSA) is 30.5 Å². The summed E-state index contributed by atoms with van der Waals surface area (Å²) < 4.78 is 10.9. The summed E-state index contributed by atoms with van der Waals surface area (Å²) in [7, 11) is 2.77. The van der Waals surface area contributed by atoms with Crippen LogP contribution in [0.2, 0.25) is 6.04 Å². The van der Waals surface area contributed by atoms with Crippen molar-refractivity contribution in [1.29, 1.82) is 0 Å². The van der Waals surface area contributed by atoms with Crippen LogP contribution in [0, 0.1) is 0 Å². The van der Waals surface area contributed by atoms with Crippen molar-refractivity contribution in [3.8, 4) is 0 Å². The highest BCUT2D eigenvalue weighted by atomic mass is 28.2. The molecule has 0 saturated carbocycles. The van der Waals surface area contributed by atoms with Gasteiger partial charge in [-0.3, -0.25) is 0 Å². The SMILES string of the molecule is CCOC(OCC)[Si]CCCCNC. The third-order valence-corrected chi connectivity index (χ3v) is 3.11. The van der Waals surface area contributed by atoms with Gasteiger partial charge >= 0.3 is 0 Å². The summed E-state index contributed by atoms with van der Waals surface area (Å²) in [5, 5.41) is 3.15. The van der Waals surface area contributed by atoms with Crippen molar-refractivity contribution in [2.24, 2.45) is 0 Å². The minimum Gasteiger partial charge on any atom is -0.357 e. The standard InChI is InChI=1S/C10H23NO2Si/c1-4-12-10(13-5-2)14-9-7-6-8-11-3/h10-11H,4-9H2,1-3H3. The highest BCUT2D eigenvalue weighted by Gasteiger charge is 2.07. The Morgan fingerprint density at radius 3 is 2.29 bits per heavy atom. The molecule has 0 unspecified atom stereocenters. The van der Waals surface area contributed by atoms with E-state index in [1.807, 2.05) is 20.9 Å². The number of nitrogens with one attached hydrogen (secondary N) is 1. The van der Waals surface area contributed by atoms with Gasteiger partial charge in [0.2, 0.25) is 0 Å². The molecular weight excluding hydrogens is 194 g/mol. The predicted octanol–water partition coefficient (Wildman–Crippen LogP) is 1.47. The van der Waals surface area contributed by atoms with Crippen molar-refractivity contribution >= 4 is 9.52 Å². The average Bonchev–Trinajstić information content (AvgIpc) is 2.18. The first-order valence-electron chi connectivity index (χ1n) is 5.46. The van der Waals surface area contributed by atoms with Gasteiger partial charge in [-0.05, 0) is 33.9 Å². The van der Waals surface area contributed by atoms with Crippen LogP contribution in [0.25, 0.3) is 0 Å². The Bertz CT molecular complexity index is 108. The number of hydrogen-bond acceptors (Lipinski definition) is 3. The predicted molar refractivity (Wildman–Crippen MR) is 60.8 cm³/mol. The molecule has 4 heteroatoms. The molecule has 0 saturated heterocycles. The van der Waals surface area contributed by atoms with Crippen LogP contribution in [0.4, 0.5) is 0 Å². The Kier molecular flexibility index (Phi) is 11.3. The third kappa shape index (κ3) is 8.68. The van der Waals surface area contributed by atoms with Crippen LogP contribution in [0.15, 0.2) is 0 Å². The lowest BCUT2D eigenvalue weighted by atomic mass is 10.3. The number of rotatable bonds is 10. The zero-order valence-corrected chi connectivity index (χ0v) is 10.6. The number of ether oxygens (including phenoxy) is 2. The van der Waals surface area contributed by atoms with Crippen LogP contribution in [0.1, 0.15) is 26.7 Å². The molecule has 0 heterocycles. The molecule has 0 aromatic rings. The molecular formula is C10H23NO2Si. The molecule has 0 spiro atoms.